The van der Waals surface area contributed by atoms with Crippen molar-refractivity contribution in [1.29, 1.82) is 0 Å². The van der Waals surface area contributed by atoms with Gasteiger partial charge in [0.25, 0.3) is 5.91 Å². The smallest absolute Gasteiger partial charge is 0.264 e. The van der Waals surface area contributed by atoms with E-state index in [0.29, 0.717) is 24.3 Å². The van der Waals surface area contributed by atoms with Crippen molar-refractivity contribution in [3.8, 4) is 5.75 Å². The first-order valence-corrected chi connectivity index (χ1v) is 9.30. The molecule has 1 aliphatic rings. The van der Waals surface area contributed by atoms with E-state index in [4.69, 9.17) is 27.9 Å². The molecule has 0 aromatic heterocycles. The zero-order valence-corrected chi connectivity index (χ0v) is 16.3. The summed E-state index contributed by atoms with van der Waals surface area (Å²) in [5.74, 6) is -0.131. The summed E-state index contributed by atoms with van der Waals surface area (Å²) < 4.78 is 5.65. The number of halogens is 2. The SMILES string of the molecule is CC(=O)CC1(O)C(=O)N(CCCOc2ccccc2)c2c1ccc(Cl)c2Cl. The fraction of sp³-hybridized carbons (Fsp3) is 0.300. The Bertz CT molecular complexity index is 872. The number of nitrogens with zero attached hydrogens (tertiary/aromatic N) is 1. The summed E-state index contributed by atoms with van der Waals surface area (Å²) in [4.78, 5) is 25.9. The van der Waals surface area contributed by atoms with Crippen LogP contribution in [0, 0.1) is 0 Å². The van der Waals surface area contributed by atoms with Gasteiger partial charge < -0.3 is 14.7 Å². The van der Waals surface area contributed by atoms with Crippen molar-refractivity contribution in [1.82, 2.24) is 0 Å². The van der Waals surface area contributed by atoms with Crippen molar-refractivity contribution < 1.29 is 19.4 Å². The summed E-state index contributed by atoms with van der Waals surface area (Å²) in [7, 11) is 0. The van der Waals surface area contributed by atoms with Crippen molar-refractivity contribution >= 4 is 40.6 Å². The van der Waals surface area contributed by atoms with Gasteiger partial charge in [-0.2, -0.15) is 0 Å². The predicted octanol–water partition coefficient (Wildman–Crippen LogP) is 3.98. The maximum absolute atomic E-state index is 12.9. The highest BCUT2D eigenvalue weighted by molar-refractivity contribution is 6.44. The highest BCUT2D eigenvalue weighted by Gasteiger charge is 2.51. The van der Waals surface area contributed by atoms with Gasteiger partial charge in [0.15, 0.2) is 5.60 Å². The van der Waals surface area contributed by atoms with Gasteiger partial charge in [-0.3, -0.25) is 9.59 Å². The van der Waals surface area contributed by atoms with E-state index in [0.717, 1.165) is 5.75 Å². The second kappa shape index (κ2) is 7.89. The standard InChI is InChI=1S/C20H19Cl2NO4/c1-13(24)12-20(26)15-8-9-16(21)17(22)18(15)23(19(20)25)10-5-11-27-14-6-3-2-4-7-14/h2-4,6-9,26H,5,10-12H2,1H3. The Morgan fingerprint density at radius 3 is 2.56 bits per heavy atom. The number of aliphatic hydroxyl groups is 1. The van der Waals surface area contributed by atoms with E-state index in [-0.39, 0.29) is 28.8 Å². The molecule has 1 amide bonds. The van der Waals surface area contributed by atoms with E-state index >= 15 is 0 Å². The Morgan fingerprint density at radius 1 is 1.19 bits per heavy atom. The highest BCUT2D eigenvalue weighted by atomic mass is 35.5. The fourth-order valence-electron chi connectivity index (χ4n) is 3.25. The third-order valence-electron chi connectivity index (χ3n) is 4.43. The number of ether oxygens (including phenoxy) is 1. The van der Waals surface area contributed by atoms with Crippen molar-refractivity contribution in [3.05, 3.63) is 58.1 Å². The summed E-state index contributed by atoms with van der Waals surface area (Å²) in [6.45, 7) is 1.99. The van der Waals surface area contributed by atoms with Crippen LogP contribution in [0.4, 0.5) is 5.69 Å². The summed E-state index contributed by atoms with van der Waals surface area (Å²) in [6.07, 6.45) is 0.201. The van der Waals surface area contributed by atoms with Crippen LogP contribution in [0.3, 0.4) is 0 Å². The number of amides is 1. The van der Waals surface area contributed by atoms with E-state index < -0.39 is 11.5 Å². The number of para-hydroxylation sites is 1. The number of benzene rings is 2. The van der Waals surface area contributed by atoms with Crippen LogP contribution < -0.4 is 9.64 Å². The van der Waals surface area contributed by atoms with Gasteiger partial charge in [-0.1, -0.05) is 47.5 Å². The maximum Gasteiger partial charge on any atom is 0.264 e. The van der Waals surface area contributed by atoms with Gasteiger partial charge in [0.05, 0.1) is 22.3 Å². The molecule has 0 spiro atoms. The fourth-order valence-corrected chi connectivity index (χ4v) is 3.67. The lowest BCUT2D eigenvalue weighted by molar-refractivity contribution is -0.141. The molecule has 0 saturated carbocycles. The molecule has 2 aromatic rings. The van der Waals surface area contributed by atoms with Crippen LogP contribution in [-0.4, -0.2) is 29.9 Å². The average Bonchev–Trinajstić information content (AvgIpc) is 2.84. The normalized spacial score (nSPS) is 18.5. The molecule has 3 rings (SSSR count). The first-order chi connectivity index (χ1) is 12.8. The van der Waals surface area contributed by atoms with Crippen molar-refractivity contribution in [2.45, 2.75) is 25.4 Å². The topological polar surface area (TPSA) is 66.8 Å². The average molecular weight is 408 g/mol. The molecule has 1 unspecified atom stereocenters. The highest BCUT2D eigenvalue weighted by Crippen LogP contribution is 2.48. The first kappa shape index (κ1) is 19.7. The summed E-state index contributed by atoms with van der Waals surface area (Å²) in [6, 6.07) is 12.4. The number of carbonyl (C=O) groups excluding carboxylic acids is 2. The Morgan fingerprint density at radius 2 is 1.89 bits per heavy atom. The third kappa shape index (κ3) is 3.81. The molecule has 1 atom stereocenters. The van der Waals surface area contributed by atoms with E-state index in [1.807, 2.05) is 30.3 Å². The van der Waals surface area contributed by atoms with E-state index in [1.54, 1.807) is 6.07 Å². The molecule has 1 N–H and O–H groups in total. The summed E-state index contributed by atoms with van der Waals surface area (Å²) in [5, 5.41) is 11.4. The molecule has 0 radical (unpaired) electrons. The van der Waals surface area contributed by atoms with Crippen LogP contribution in [0.2, 0.25) is 10.0 Å². The van der Waals surface area contributed by atoms with Crippen LogP contribution in [-0.2, 0) is 15.2 Å². The molecular weight excluding hydrogens is 389 g/mol. The number of ketones is 1. The zero-order valence-electron chi connectivity index (χ0n) is 14.7. The third-order valence-corrected chi connectivity index (χ3v) is 5.22. The van der Waals surface area contributed by atoms with Gasteiger partial charge in [0.2, 0.25) is 0 Å². The number of hydrogen-bond acceptors (Lipinski definition) is 4. The molecule has 1 aliphatic heterocycles. The predicted molar refractivity (Wildman–Crippen MR) is 105 cm³/mol. The van der Waals surface area contributed by atoms with E-state index in [2.05, 4.69) is 0 Å². The van der Waals surface area contributed by atoms with Crippen LogP contribution in [0.5, 0.6) is 5.75 Å². The lowest BCUT2D eigenvalue weighted by atomic mass is 9.90. The summed E-state index contributed by atoms with van der Waals surface area (Å²) >= 11 is 12.4. The van der Waals surface area contributed by atoms with Crippen LogP contribution >= 0.6 is 23.2 Å². The van der Waals surface area contributed by atoms with Crippen molar-refractivity contribution in [2.75, 3.05) is 18.1 Å². The molecule has 0 aliphatic carbocycles. The Balaban J connectivity index is 1.80. The molecule has 142 valence electrons. The van der Waals surface area contributed by atoms with Crippen molar-refractivity contribution in [2.24, 2.45) is 0 Å². The molecule has 0 saturated heterocycles. The molecule has 2 aromatic carbocycles. The van der Waals surface area contributed by atoms with Gasteiger partial charge in [0, 0.05) is 18.5 Å². The lowest BCUT2D eigenvalue weighted by Gasteiger charge is -2.22. The first-order valence-electron chi connectivity index (χ1n) is 8.54. The molecule has 0 bridgehead atoms. The zero-order chi connectivity index (χ0) is 19.6. The quantitative estimate of drug-likeness (QED) is 0.704. The minimum atomic E-state index is -1.92. The van der Waals surface area contributed by atoms with E-state index in [9.17, 15) is 14.7 Å². The minimum Gasteiger partial charge on any atom is -0.494 e. The molecule has 0 fully saturated rings. The number of anilines is 1. The van der Waals surface area contributed by atoms with Crippen LogP contribution in [0.15, 0.2) is 42.5 Å². The number of rotatable bonds is 7. The van der Waals surface area contributed by atoms with Gasteiger partial charge in [-0.25, -0.2) is 0 Å². The lowest BCUT2D eigenvalue weighted by Crippen LogP contribution is -2.42. The minimum absolute atomic E-state index is 0.186. The van der Waals surface area contributed by atoms with Gasteiger partial charge in [0.1, 0.15) is 11.5 Å². The Hall–Kier alpha value is -2.08. The second-order valence-corrected chi connectivity index (χ2v) is 7.25. The second-order valence-electron chi connectivity index (χ2n) is 6.47. The van der Waals surface area contributed by atoms with E-state index in [1.165, 1.54) is 17.9 Å². The maximum atomic E-state index is 12.9. The Kier molecular flexibility index (Phi) is 5.75. The van der Waals surface area contributed by atoms with Gasteiger partial charge in [-0.15, -0.1) is 0 Å². The summed E-state index contributed by atoms with van der Waals surface area (Å²) in [5.41, 5.74) is -1.26. The Labute approximate surface area is 167 Å². The molecule has 5 nitrogen and oxygen atoms in total. The monoisotopic (exact) mass is 407 g/mol. The molecule has 7 heteroatoms. The largest absolute Gasteiger partial charge is 0.494 e. The number of carbonyl (C=O) groups is 2. The number of Topliss-reactive ketones (excluding diaryl/α,β-unsaturated/α-hetero) is 1. The van der Waals surface area contributed by atoms with Crippen LogP contribution in [0.1, 0.15) is 25.3 Å². The van der Waals surface area contributed by atoms with Crippen molar-refractivity contribution in [3.63, 3.8) is 0 Å². The van der Waals surface area contributed by atoms with Gasteiger partial charge in [-0.05, 0) is 31.5 Å². The van der Waals surface area contributed by atoms with Gasteiger partial charge >= 0.3 is 0 Å². The number of hydrogen-bond donors (Lipinski definition) is 1. The molecular formula is C20H19Cl2NO4. The van der Waals surface area contributed by atoms with Crippen LogP contribution in [0.25, 0.3) is 0 Å². The molecule has 1 heterocycles. The number of fused-ring (bicyclic) bond motifs is 1. The molecule has 27 heavy (non-hydrogen) atoms.